The van der Waals surface area contributed by atoms with Crippen LogP contribution in [0.15, 0.2) is 0 Å². The highest BCUT2D eigenvalue weighted by Gasteiger charge is 2.82. The van der Waals surface area contributed by atoms with Gasteiger partial charge in [0, 0.05) is 26.1 Å². The molecule has 4 nitrogen and oxygen atoms in total. The minimum Gasteiger partial charge on any atom is -0.371 e. The van der Waals surface area contributed by atoms with Gasteiger partial charge in [0.15, 0.2) is 0 Å². The standard InChI is InChI=1S/C12H15F9INO3Si/c13-9(14,10(15,16)11(17,18)12(19,20)21)7-8(22)27-24-4-1-23(2-5-25-27)3-6-26-27/h8H,1-7H2/t8-/m1/s1. The van der Waals surface area contributed by atoms with E-state index in [2.05, 4.69) is 0 Å². The molecule has 0 aromatic rings. The van der Waals surface area contributed by atoms with E-state index < -0.39 is 42.7 Å². The number of alkyl halides is 10. The predicted octanol–water partition coefficient (Wildman–Crippen LogP) is 3.51. The van der Waals surface area contributed by atoms with E-state index in [4.69, 9.17) is 13.3 Å². The van der Waals surface area contributed by atoms with Gasteiger partial charge in [-0.25, -0.2) is 0 Å². The van der Waals surface area contributed by atoms with Crippen molar-refractivity contribution in [2.24, 2.45) is 0 Å². The van der Waals surface area contributed by atoms with Crippen LogP contribution in [0.2, 0.25) is 0 Å². The van der Waals surface area contributed by atoms with Gasteiger partial charge in [-0.1, -0.05) is 22.6 Å². The quantitative estimate of drug-likeness (QED) is 0.228. The van der Waals surface area contributed by atoms with Crippen molar-refractivity contribution in [3.05, 3.63) is 0 Å². The number of hydrogen-bond acceptors (Lipinski definition) is 4. The van der Waals surface area contributed by atoms with Crippen molar-refractivity contribution in [3.63, 3.8) is 0 Å². The van der Waals surface area contributed by atoms with Gasteiger partial charge in [-0.3, -0.25) is 4.90 Å². The molecule has 3 fully saturated rings. The third-order valence-electron chi connectivity index (χ3n) is 4.16. The van der Waals surface area contributed by atoms with Crippen LogP contribution in [0.25, 0.3) is 0 Å². The Hall–Kier alpha value is 0.157. The van der Waals surface area contributed by atoms with E-state index in [0.717, 1.165) is 0 Å². The highest BCUT2D eigenvalue weighted by atomic mass is 127. The molecule has 3 rings (SSSR count). The number of hydrogen-bond donors (Lipinski definition) is 0. The van der Waals surface area contributed by atoms with Crippen LogP contribution in [-0.4, -0.2) is 80.7 Å². The van der Waals surface area contributed by atoms with E-state index >= 15 is 0 Å². The second-order valence-corrected chi connectivity index (χ2v) is 11.5. The summed E-state index contributed by atoms with van der Waals surface area (Å²) in [4.78, 5) is 1.88. The summed E-state index contributed by atoms with van der Waals surface area (Å²) >= 11 is 1.23. The van der Waals surface area contributed by atoms with Crippen LogP contribution >= 0.6 is 22.6 Å². The second-order valence-electron chi connectivity index (χ2n) is 6.01. The zero-order chi connectivity index (χ0) is 20.7. The normalized spacial score (nSPS) is 29.8. The van der Waals surface area contributed by atoms with E-state index in [1.165, 1.54) is 22.6 Å². The highest BCUT2D eigenvalue weighted by Crippen LogP contribution is 2.55. The van der Waals surface area contributed by atoms with Gasteiger partial charge in [0.1, 0.15) is 0 Å². The zero-order valence-corrected chi connectivity index (χ0v) is 16.6. The van der Waals surface area contributed by atoms with Crippen molar-refractivity contribution in [1.29, 1.82) is 0 Å². The maximum absolute atomic E-state index is 13.9. The molecule has 15 heteroatoms. The lowest BCUT2D eigenvalue weighted by molar-refractivity contribution is -0.396. The lowest BCUT2D eigenvalue weighted by Gasteiger charge is -2.41. The summed E-state index contributed by atoms with van der Waals surface area (Å²) < 4.78 is 132. The predicted molar refractivity (Wildman–Crippen MR) is 83.4 cm³/mol. The molecule has 0 aromatic carbocycles. The van der Waals surface area contributed by atoms with Gasteiger partial charge in [0.25, 0.3) is 0 Å². The average Bonchev–Trinajstić information content (AvgIpc) is 2.43. The molecule has 27 heavy (non-hydrogen) atoms. The molecule has 0 aliphatic carbocycles. The molecular weight excluding hydrogens is 532 g/mol. The molecule has 0 saturated carbocycles. The summed E-state index contributed by atoms with van der Waals surface area (Å²) in [5.41, 5.74) is 0. The molecule has 3 aliphatic heterocycles. The van der Waals surface area contributed by atoms with Gasteiger partial charge < -0.3 is 13.3 Å². The van der Waals surface area contributed by atoms with Gasteiger partial charge >= 0.3 is 32.7 Å². The SMILES string of the molecule is FC(F)(F)C(F)(F)C(F)(F)C(F)(F)C[C@H](I)[Si]12OCCN(CCO1)CCO2. The van der Waals surface area contributed by atoms with E-state index in [9.17, 15) is 39.5 Å². The number of rotatable bonds is 5. The number of halogens is 10. The summed E-state index contributed by atoms with van der Waals surface area (Å²) in [6.07, 6.45) is -8.87. The first-order chi connectivity index (χ1) is 12.2. The van der Waals surface area contributed by atoms with Crippen molar-refractivity contribution in [2.45, 2.75) is 33.9 Å². The molecule has 0 N–H and O–H groups in total. The van der Waals surface area contributed by atoms with Crippen molar-refractivity contribution < 1.29 is 52.8 Å². The Morgan fingerprint density at radius 1 is 0.778 bits per heavy atom. The molecular formula is C12H15F9INO3Si. The fraction of sp³-hybridized carbons (Fsp3) is 1.00. The topological polar surface area (TPSA) is 30.9 Å². The highest BCUT2D eigenvalue weighted by molar-refractivity contribution is 14.1. The molecule has 2 bridgehead atoms. The van der Waals surface area contributed by atoms with Crippen LogP contribution in [0.3, 0.4) is 0 Å². The molecule has 3 heterocycles. The molecule has 1 atom stereocenters. The van der Waals surface area contributed by atoms with Crippen LogP contribution in [0.4, 0.5) is 39.5 Å². The third kappa shape index (κ3) is 4.36. The Morgan fingerprint density at radius 2 is 1.19 bits per heavy atom. The van der Waals surface area contributed by atoms with Crippen molar-refractivity contribution >= 4 is 31.4 Å². The second kappa shape index (κ2) is 7.77. The van der Waals surface area contributed by atoms with Crippen molar-refractivity contribution in [3.8, 4) is 0 Å². The van der Waals surface area contributed by atoms with Gasteiger partial charge in [-0.2, -0.15) is 39.5 Å². The fourth-order valence-electron chi connectivity index (χ4n) is 2.57. The maximum Gasteiger partial charge on any atom is 0.514 e. The summed E-state index contributed by atoms with van der Waals surface area (Å²) in [5.74, 6) is -19.3. The zero-order valence-electron chi connectivity index (χ0n) is 13.5. The third-order valence-corrected chi connectivity index (χ3v) is 9.68. The van der Waals surface area contributed by atoms with Crippen LogP contribution in [-0.2, 0) is 13.3 Å². The Kier molecular flexibility index (Phi) is 6.74. The van der Waals surface area contributed by atoms with Crippen LogP contribution in [0.5, 0.6) is 0 Å². The largest absolute Gasteiger partial charge is 0.514 e. The average molecular weight is 547 g/mol. The summed E-state index contributed by atoms with van der Waals surface area (Å²) in [6.45, 7) is 1.07. The maximum atomic E-state index is 13.9. The minimum atomic E-state index is -6.91. The first-order valence-electron chi connectivity index (χ1n) is 7.65. The molecule has 0 radical (unpaired) electrons. The van der Waals surface area contributed by atoms with Crippen LogP contribution in [0.1, 0.15) is 6.42 Å². The Bertz CT molecular complexity index is 510. The Labute approximate surface area is 162 Å². The summed E-state index contributed by atoms with van der Waals surface area (Å²) in [6, 6.07) is 0. The van der Waals surface area contributed by atoms with E-state index in [0.29, 0.717) is 19.6 Å². The fourth-order valence-corrected chi connectivity index (χ4v) is 7.17. The van der Waals surface area contributed by atoms with Gasteiger partial charge in [0.05, 0.1) is 23.4 Å². The monoisotopic (exact) mass is 547 g/mol. The minimum absolute atomic E-state index is 0.0353. The van der Waals surface area contributed by atoms with Crippen LogP contribution < -0.4 is 0 Å². The van der Waals surface area contributed by atoms with Gasteiger partial charge in [-0.05, 0) is 0 Å². The van der Waals surface area contributed by atoms with E-state index in [1.807, 2.05) is 4.90 Å². The Morgan fingerprint density at radius 3 is 1.56 bits per heavy atom. The van der Waals surface area contributed by atoms with Crippen LogP contribution in [0, 0.1) is 0 Å². The molecule has 0 spiro atoms. The molecule has 0 amide bonds. The number of fused-ring (bicyclic) bond motifs is 6. The number of nitrogens with zero attached hydrogens (tertiary/aromatic N) is 1. The molecule has 3 saturated heterocycles. The van der Waals surface area contributed by atoms with E-state index in [1.54, 1.807) is 0 Å². The lowest BCUT2D eigenvalue weighted by Crippen LogP contribution is -2.65. The van der Waals surface area contributed by atoms with Gasteiger partial charge in [0.2, 0.25) is 0 Å². The summed E-state index contributed by atoms with van der Waals surface area (Å²) in [7, 11) is -4.00. The smallest absolute Gasteiger partial charge is 0.371 e. The Balaban J connectivity index is 2.24. The van der Waals surface area contributed by atoms with E-state index in [-0.39, 0.29) is 19.8 Å². The molecule has 3 aliphatic rings. The van der Waals surface area contributed by atoms with Gasteiger partial charge in [-0.15, -0.1) is 0 Å². The molecule has 160 valence electrons. The first-order valence-corrected chi connectivity index (χ1v) is 10.7. The van der Waals surface area contributed by atoms with Crippen molar-refractivity contribution in [2.75, 3.05) is 39.5 Å². The molecule has 0 aromatic heterocycles. The summed E-state index contributed by atoms with van der Waals surface area (Å²) in [5, 5.41) is 0. The molecule has 0 unspecified atom stereocenters. The lowest BCUT2D eigenvalue weighted by atomic mass is 10.0. The first kappa shape index (κ1) is 23.4. The van der Waals surface area contributed by atoms with Crippen molar-refractivity contribution in [1.82, 2.24) is 4.90 Å².